The minimum absolute atomic E-state index is 0.0633. The molecule has 0 aromatic heterocycles. The van der Waals surface area contributed by atoms with Gasteiger partial charge < -0.3 is 14.2 Å². The van der Waals surface area contributed by atoms with Crippen LogP contribution in [0.25, 0.3) is 0 Å². The molecule has 0 aromatic carbocycles. The zero-order valence-corrected chi connectivity index (χ0v) is 41.8. The smallest absolute Gasteiger partial charge is 0.306 e. The molecule has 0 saturated heterocycles. The summed E-state index contributed by atoms with van der Waals surface area (Å²) in [4.78, 5) is 38.0. The van der Waals surface area contributed by atoms with Crippen molar-refractivity contribution in [2.45, 2.75) is 310 Å². The molecule has 1 atom stereocenters. The Morgan fingerprint density at radius 1 is 0.311 bits per heavy atom. The SMILES string of the molecule is CCCCCCCCCCCCCCCCCC(=O)OC[C@@H](COC(=O)CCCCCCCCCCCC(C)C)OC(=O)CCCCCCCCCCCCCCCC(C)C. The minimum Gasteiger partial charge on any atom is -0.462 e. The van der Waals surface area contributed by atoms with Crippen LogP contribution in [-0.4, -0.2) is 37.2 Å². The van der Waals surface area contributed by atoms with E-state index in [9.17, 15) is 14.4 Å². The fraction of sp³-hybridized carbons (Fsp3) is 0.945. The standard InChI is InChI=1S/C55H106O6/c1-6-7-8-9-10-11-12-13-14-17-20-25-30-35-40-45-53(56)59-48-52(49-60-54(57)46-41-36-31-27-22-24-29-34-39-44-51(4)5)61-55(58)47-42-37-32-26-21-18-15-16-19-23-28-33-38-43-50(2)3/h50-52H,6-49H2,1-5H3/t52-/m0/s1. The zero-order valence-electron chi connectivity index (χ0n) is 41.8. The van der Waals surface area contributed by atoms with Crippen LogP contribution in [0.15, 0.2) is 0 Å². The Balaban J connectivity index is 4.30. The Morgan fingerprint density at radius 2 is 0.541 bits per heavy atom. The molecular formula is C55H106O6. The quantitative estimate of drug-likeness (QED) is 0.0344. The third-order valence-corrected chi connectivity index (χ3v) is 12.5. The number of carbonyl (C=O) groups is 3. The highest BCUT2D eigenvalue weighted by Crippen LogP contribution is 2.18. The van der Waals surface area contributed by atoms with Crippen LogP contribution >= 0.6 is 0 Å². The predicted octanol–water partition coefficient (Wildman–Crippen LogP) is 17.7. The van der Waals surface area contributed by atoms with Gasteiger partial charge in [0.2, 0.25) is 0 Å². The van der Waals surface area contributed by atoms with Gasteiger partial charge >= 0.3 is 17.9 Å². The second-order valence-corrected chi connectivity index (χ2v) is 19.8. The van der Waals surface area contributed by atoms with E-state index in [0.717, 1.165) is 69.6 Å². The molecule has 0 rings (SSSR count). The van der Waals surface area contributed by atoms with Crippen LogP contribution in [0.2, 0.25) is 0 Å². The maximum Gasteiger partial charge on any atom is 0.306 e. The number of hydrogen-bond donors (Lipinski definition) is 0. The van der Waals surface area contributed by atoms with Crippen molar-refractivity contribution in [2.24, 2.45) is 11.8 Å². The van der Waals surface area contributed by atoms with Gasteiger partial charge in [-0.3, -0.25) is 14.4 Å². The summed E-state index contributed by atoms with van der Waals surface area (Å²) in [6, 6.07) is 0. The lowest BCUT2D eigenvalue weighted by atomic mass is 10.0. The topological polar surface area (TPSA) is 78.9 Å². The minimum atomic E-state index is -0.762. The van der Waals surface area contributed by atoms with Gasteiger partial charge in [-0.1, -0.05) is 266 Å². The van der Waals surface area contributed by atoms with E-state index in [1.54, 1.807) is 0 Å². The van der Waals surface area contributed by atoms with Crippen molar-refractivity contribution >= 4 is 17.9 Å². The van der Waals surface area contributed by atoms with Crippen molar-refractivity contribution in [1.29, 1.82) is 0 Å². The molecule has 61 heavy (non-hydrogen) atoms. The number of unbranched alkanes of at least 4 members (excludes halogenated alkanes) is 34. The number of rotatable bonds is 49. The number of ether oxygens (including phenoxy) is 3. The summed E-state index contributed by atoms with van der Waals surface area (Å²) in [6.45, 7) is 11.4. The first-order valence-electron chi connectivity index (χ1n) is 27.2. The summed E-state index contributed by atoms with van der Waals surface area (Å²) in [5.41, 5.74) is 0. The summed E-state index contributed by atoms with van der Waals surface area (Å²) >= 11 is 0. The van der Waals surface area contributed by atoms with Gasteiger partial charge in [0.15, 0.2) is 6.10 Å². The van der Waals surface area contributed by atoms with Crippen molar-refractivity contribution in [2.75, 3.05) is 13.2 Å². The van der Waals surface area contributed by atoms with Crippen LogP contribution in [0, 0.1) is 11.8 Å². The molecule has 0 aromatic rings. The number of hydrogen-bond acceptors (Lipinski definition) is 6. The maximum atomic E-state index is 12.8. The molecule has 0 aliphatic carbocycles. The van der Waals surface area contributed by atoms with E-state index >= 15 is 0 Å². The molecule has 0 unspecified atom stereocenters. The van der Waals surface area contributed by atoms with Gasteiger partial charge in [0.25, 0.3) is 0 Å². The Labute approximate surface area is 380 Å². The number of esters is 3. The third-order valence-electron chi connectivity index (χ3n) is 12.5. The second-order valence-electron chi connectivity index (χ2n) is 19.8. The highest BCUT2D eigenvalue weighted by molar-refractivity contribution is 5.71. The van der Waals surface area contributed by atoms with Gasteiger partial charge in [0, 0.05) is 19.3 Å². The normalized spacial score (nSPS) is 12.0. The highest BCUT2D eigenvalue weighted by atomic mass is 16.6. The molecule has 0 amide bonds. The molecule has 6 heteroatoms. The summed E-state index contributed by atoms with van der Waals surface area (Å²) in [5, 5.41) is 0. The fourth-order valence-electron chi connectivity index (χ4n) is 8.34. The largest absolute Gasteiger partial charge is 0.462 e. The molecule has 0 radical (unpaired) electrons. The van der Waals surface area contributed by atoms with Crippen LogP contribution in [0.4, 0.5) is 0 Å². The van der Waals surface area contributed by atoms with E-state index in [-0.39, 0.29) is 31.1 Å². The fourth-order valence-corrected chi connectivity index (χ4v) is 8.34. The molecule has 6 nitrogen and oxygen atoms in total. The molecule has 0 spiro atoms. The molecule has 0 aliphatic rings. The van der Waals surface area contributed by atoms with Crippen molar-refractivity contribution in [3.63, 3.8) is 0 Å². The van der Waals surface area contributed by atoms with E-state index < -0.39 is 6.10 Å². The molecule has 0 N–H and O–H groups in total. The first-order chi connectivity index (χ1) is 29.7. The zero-order chi connectivity index (χ0) is 44.7. The molecule has 0 fully saturated rings. The van der Waals surface area contributed by atoms with Gasteiger partial charge in [0.1, 0.15) is 13.2 Å². The Hall–Kier alpha value is -1.59. The van der Waals surface area contributed by atoms with Gasteiger partial charge in [-0.2, -0.15) is 0 Å². The number of carbonyl (C=O) groups excluding carboxylic acids is 3. The summed E-state index contributed by atoms with van der Waals surface area (Å²) in [5.74, 6) is 0.802. The molecule has 0 aliphatic heterocycles. The van der Waals surface area contributed by atoms with Gasteiger partial charge in [-0.15, -0.1) is 0 Å². The lowest BCUT2D eigenvalue weighted by Gasteiger charge is -2.18. The Kier molecular flexibility index (Phi) is 46.6. The molecule has 362 valence electrons. The van der Waals surface area contributed by atoms with Crippen molar-refractivity contribution in [1.82, 2.24) is 0 Å². The van der Waals surface area contributed by atoms with Gasteiger partial charge in [0.05, 0.1) is 0 Å². The highest BCUT2D eigenvalue weighted by Gasteiger charge is 2.19. The Morgan fingerprint density at radius 3 is 0.803 bits per heavy atom. The van der Waals surface area contributed by atoms with Crippen LogP contribution in [-0.2, 0) is 28.6 Å². The van der Waals surface area contributed by atoms with Gasteiger partial charge in [-0.25, -0.2) is 0 Å². The second kappa shape index (κ2) is 47.9. The van der Waals surface area contributed by atoms with Crippen LogP contribution in [0.5, 0.6) is 0 Å². The maximum absolute atomic E-state index is 12.8. The lowest BCUT2D eigenvalue weighted by molar-refractivity contribution is -0.167. The lowest BCUT2D eigenvalue weighted by Crippen LogP contribution is -2.30. The molecule has 0 bridgehead atoms. The first-order valence-corrected chi connectivity index (χ1v) is 27.2. The summed E-state index contributed by atoms with van der Waals surface area (Å²) < 4.78 is 16.8. The van der Waals surface area contributed by atoms with Crippen molar-refractivity contribution in [3.8, 4) is 0 Å². The predicted molar refractivity (Wildman–Crippen MR) is 261 cm³/mol. The van der Waals surface area contributed by atoms with Gasteiger partial charge in [-0.05, 0) is 31.1 Å². The first kappa shape index (κ1) is 59.4. The van der Waals surface area contributed by atoms with E-state index in [1.165, 1.54) is 193 Å². The van der Waals surface area contributed by atoms with Crippen molar-refractivity contribution in [3.05, 3.63) is 0 Å². The van der Waals surface area contributed by atoms with E-state index in [0.29, 0.717) is 19.3 Å². The van der Waals surface area contributed by atoms with Crippen molar-refractivity contribution < 1.29 is 28.6 Å². The Bertz CT molecular complexity index is 931. The van der Waals surface area contributed by atoms with Crippen LogP contribution < -0.4 is 0 Å². The van der Waals surface area contributed by atoms with E-state index in [2.05, 4.69) is 34.6 Å². The van der Waals surface area contributed by atoms with E-state index in [1.807, 2.05) is 0 Å². The average molecular weight is 863 g/mol. The summed E-state index contributed by atoms with van der Waals surface area (Å²) in [6.07, 6.45) is 49.5. The van der Waals surface area contributed by atoms with Crippen LogP contribution in [0.3, 0.4) is 0 Å². The molecule has 0 saturated carbocycles. The molecule has 0 heterocycles. The average Bonchev–Trinajstić information content (AvgIpc) is 3.23. The molecular weight excluding hydrogens is 757 g/mol. The monoisotopic (exact) mass is 863 g/mol. The van der Waals surface area contributed by atoms with E-state index in [4.69, 9.17) is 14.2 Å². The summed E-state index contributed by atoms with van der Waals surface area (Å²) in [7, 11) is 0. The van der Waals surface area contributed by atoms with Crippen LogP contribution in [0.1, 0.15) is 304 Å². The third kappa shape index (κ3) is 49.3.